The topological polar surface area (TPSA) is 43.6 Å². The van der Waals surface area contributed by atoms with Crippen molar-refractivity contribution in [3.05, 3.63) is 21.4 Å². The molecular formula is C9H11ClN4S2. The summed E-state index contributed by atoms with van der Waals surface area (Å²) in [6.07, 6.45) is 0. The summed E-state index contributed by atoms with van der Waals surface area (Å²) in [6, 6.07) is 0. The van der Waals surface area contributed by atoms with Crippen LogP contribution in [0.5, 0.6) is 0 Å². The average molecular weight is 275 g/mol. The highest BCUT2D eigenvalue weighted by atomic mass is 35.5. The second kappa shape index (κ2) is 4.73. The number of aryl methyl sites for hydroxylation is 3. The quantitative estimate of drug-likeness (QED) is 0.808. The molecule has 0 N–H and O–H groups in total. The molecule has 0 bridgehead atoms. The summed E-state index contributed by atoms with van der Waals surface area (Å²) in [7, 11) is 1.85. The summed E-state index contributed by atoms with van der Waals surface area (Å²) in [5.74, 6) is 0.785. The van der Waals surface area contributed by atoms with Crippen molar-refractivity contribution in [3.63, 3.8) is 0 Å². The van der Waals surface area contributed by atoms with E-state index >= 15 is 0 Å². The smallest absolute Gasteiger partial charge is 0.174 e. The fourth-order valence-electron chi connectivity index (χ4n) is 1.31. The molecule has 0 fully saturated rings. The Morgan fingerprint density at radius 2 is 2.12 bits per heavy atom. The third-order valence-corrected chi connectivity index (χ3v) is 4.59. The minimum atomic E-state index is 0.700. The number of hydrogen-bond donors (Lipinski definition) is 0. The van der Waals surface area contributed by atoms with Gasteiger partial charge in [-0.25, -0.2) is 0 Å². The van der Waals surface area contributed by atoms with Gasteiger partial charge in [-0.05, 0) is 13.8 Å². The molecule has 16 heavy (non-hydrogen) atoms. The summed E-state index contributed by atoms with van der Waals surface area (Å²) < 4.78 is 2.66. The first-order chi connectivity index (χ1) is 7.58. The van der Waals surface area contributed by atoms with Crippen molar-refractivity contribution in [2.75, 3.05) is 0 Å². The van der Waals surface area contributed by atoms with Gasteiger partial charge in [0.1, 0.15) is 10.2 Å². The number of thioether (sulfide) groups is 1. The van der Waals surface area contributed by atoms with Crippen LogP contribution in [0.2, 0.25) is 5.15 Å². The lowest BCUT2D eigenvalue weighted by Gasteiger charge is -1.97. The Morgan fingerprint density at radius 1 is 1.38 bits per heavy atom. The largest absolute Gasteiger partial charge is 0.257 e. The fraction of sp³-hybridized carbons (Fsp3) is 0.444. The lowest BCUT2D eigenvalue weighted by molar-refractivity contribution is 0.757. The van der Waals surface area contributed by atoms with E-state index in [9.17, 15) is 0 Å². The lowest BCUT2D eigenvalue weighted by atomic mass is 10.3. The molecule has 0 amide bonds. The van der Waals surface area contributed by atoms with Gasteiger partial charge in [0.05, 0.1) is 5.69 Å². The first-order valence-corrected chi connectivity index (χ1v) is 6.87. The van der Waals surface area contributed by atoms with Crippen molar-refractivity contribution in [3.8, 4) is 0 Å². The molecule has 2 heterocycles. The molecule has 0 unspecified atom stereocenters. The van der Waals surface area contributed by atoms with Crippen LogP contribution in [0.15, 0.2) is 4.34 Å². The number of rotatable bonds is 3. The molecule has 0 aliphatic rings. The van der Waals surface area contributed by atoms with Crippen molar-refractivity contribution in [2.24, 2.45) is 7.05 Å². The Hall–Kier alpha value is -0.590. The van der Waals surface area contributed by atoms with Crippen LogP contribution in [0.25, 0.3) is 0 Å². The van der Waals surface area contributed by atoms with Crippen molar-refractivity contribution in [1.29, 1.82) is 0 Å². The SMILES string of the molecule is Cc1nnc(SCc2c(C)nn(C)c2Cl)s1. The normalized spacial score (nSPS) is 11.0. The highest BCUT2D eigenvalue weighted by Gasteiger charge is 2.12. The van der Waals surface area contributed by atoms with E-state index in [1.54, 1.807) is 27.8 Å². The molecule has 0 spiro atoms. The van der Waals surface area contributed by atoms with E-state index in [0.29, 0.717) is 5.15 Å². The van der Waals surface area contributed by atoms with Crippen molar-refractivity contribution in [1.82, 2.24) is 20.0 Å². The molecule has 0 atom stereocenters. The van der Waals surface area contributed by atoms with Gasteiger partial charge >= 0.3 is 0 Å². The van der Waals surface area contributed by atoms with Gasteiger partial charge in [0.2, 0.25) is 0 Å². The minimum Gasteiger partial charge on any atom is -0.257 e. The minimum absolute atomic E-state index is 0.700. The van der Waals surface area contributed by atoms with E-state index in [-0.39, 0.29) is 0 Å². The molecule has 0 aliphatic carbocycles. The van der Waals surface area contributed by atoms with Gasteiger partial charge in [-0.15, -0.1) is 10.2 Å². The van der Waals surface area contributed by atoms with Crippen LogP contribution in [-0.2, 0) is 12.8 Å². The molecular weight excluding hydrogens is 264 g/mol. The first-order valence-electron chi connectivity index (χ1n) is 4.69. The maximum Gasteiger partial charge on any atom is 0.174 e. The van der Waals surface area contributed by atoms with Gasteiger partial charge in [0.25, 0.3) is 0 Å². The van der Waals surface area contributed by atoms with Gasteiger partial charge in [-0.1, -0.05) is 34.7 Å². The molecule has 0 radical (unpaired) electrons. The van der Waals surface area contributed by atoms with Crippen LogP contribution >= 0.6 is 34.7 Å². The third kappa shape index (κ3) is 2.39. The summed E-state index contributed by atoms with van der Waals surface area (Å²) in [6.45, 7) is 3.91. The number of halogens is 1. The zero-order valence-electron chi connectivity index (χ0n) is 9.19. The van der Waals surface area contributed by atoms with Crippen molar-refractivity contribution >= 4 is 34.7 Å². The molecule has 86 valence electrons. The van der Waals surface area contributed by atoms with Gasteiger partial charge < -0.3 is 0 Å². The second-order valence-corrected chi connectivity index (χ2v) is 6.12. The molecule has 0 aromatic carbocycles. The first kappa shape index (κ1) is 11.9. The maximum atomic E-state index is 6.14. The molecule has 2 rings (SSSR count). The zero-order chi connectivity index (χ0) is 11.7. The standard InChI is InChI=1S/C9H11ClN4S2/c1-5-7(8(10)14(3)13-5)4-15-9-12-11-6(2)16-9/h4H2,1-3H3. The number of nitrogens with zero attached hydrogens (tertiary/aromatic N) is 4. The van der Waals surface area contributed by atoms with Crippen molar-refractivity contribution < 1.29 is 0 Å². The van der Waals surface area contributed by atoms with Gasteiger partial charge in [-0.3, -0.25) is 4.68 Å². The Balaban J connectivity index is 2.10. The Kier molecular flexibility index (Phi) is 3.51. The van der Waals surface area contributed by atoms with Crippen LogP contribution in [0.3, 0.4) is 0 Å². The van der Waals surface area contributed by atoms with E-state index in [1.807, 2.05) is 20.9 Å². The highest BCUT2D eigenvalue weighted by molar-refractivity contribution is 8.00. The monoisotopic (exact) mass is 274 g/mol. The van der Waals surface area contributed by atoms with E-state index in [4.69, 9.17) is 11.6 Å². The van der Waals surface area contributed by atoms with Gasteiger partial charge in [0, 0.05) is 18.4 Å². The van der Waals surface area contributed by atoms with Crippen LogP contribution in [-0.4, -0.2) is 20.0 Å². The highest BCUT2D eigenvalue weighted by Crippen LogP contribution is 2.29. The fourth-order valence-corrected chi connectivity index (χ4v) is 3.53. The zero-order valence-corrected chi connectivity index (χ0v) is 11.6. The molecule has 0 saturated heterocycles. The van der Waals surface area contributed by atoms with Crippen molar-refractivity contribution in [2.45, 2.75) is 23.9 Å². The van der Waals surface area contributed by atoms with Crippen LogP contribution in [0, 0.1) is 13.8 Å². The summed E-state index contributed by atoms with van der Waals surface area (Å²) in [5.41, 5.74) is 2.04. The molecule has 2 aromatic rings. The van der Waals surface area contributed by atoms with Gasteiger partial charge in [0.15, 0.2) is 4.34 Å². The van der Waals surface area contributed by atoms with Crippen LogP contribution in [0.1, 0.15) is 16.3 Å². The van der Waals surface area contributed by atoms with E-state index in [1.165, 1.54) is 0 Å². The van der Waals surface area contributed by atoms with Gasteiger partial charge in [-0.2, -0.15) is 5.10 Å². The molecule has 0 aliphatic heterocycles. The Morgan fingerprint density at radius 3 is 2.62 bits per heavy atom. The van der Waals surface area contributed by atoms with Crippen LogP contribution in [0.4, 0.5) is 0 Å². The molecule has 0 saturated carbocycles. The molecule has 4 nitrogen and oxygen atoms in total. The third-order valence-electron chi connectivity index (χ3n) is 2.12. The molecule has 2 aromatic heterocycles. The maximum absolute atomic E-state index is 6.14. The number of aromatic nitrogens is 4. The lowest BCUT2D eigenvalue weighted by Crippen LogP contribution is -1.89. The van der Waals surface area contributed by atoms with E-state index < -0.39 is 0 Å². The van der Waals surface area contributed by atoms with E-state index in [0.717, 1.165) is 26.4 Å². The summed E-state index contributed by atoms with van der Waals surface area (Å²) in [4.78, 5) is 0. The second-order valence-electron chi connectivity index (χ2n) is 3.35. The summed E-state index contributed by atoms with van der Waals surface area (Å²) in [5, 5.41) is 14.0. The molecule has 7 heteroatoms. The average Bonchev–Trinajstić information content (AvgIpc) is 2.72. The Bertz CT molecular complexity index is 506. The predicted molar refractivity (Wildman–Crippen MR) is 67.2 cm³/mol. The van der Waals surface area contributed by atoms with E-state index in [2.05, 4.69) is 15.3 Å². The number of hydrogen-bond acceptors (Lipinski definition) is 5. The summed E-state index contributed by atoms with van der Waals surface area (Å²) >= 11 is 9.38. The Labute approximate surface area is 107 Å². The predicted octanol–water partition coefficient (Wildman–Crippen LogP) is 2.83. The van der Waals surface area contributed by atoms with Crippen LogP contribution < -0.4 is 0 Å².